The van der Waals surface area contributed by atoms with Crippen molar-refractivity contribution in [1.29, 1.82) is 0 Å². The molecule has 0 fully saturated rings. The highest BCUT2D eigenvalue weighted by Gasteiger charge is 2.09. The summed E-state index contributed by atoms with van der Waals surface area (Å²) in [5.41, 5.74) is 2.06. The molecule has 3 rings (SSSR count). The standard InChI is InChI=1S/C13H10ClN3S/c1-18-12-7-11(14)16-13(17-12)9-3-2-4-10-8(9)5-6-15-10/h2-7,15H,1H3. The first-order chi connectivity index (χ1) is 8.78. The summed E-state index contributed by atoms with van der Waals surface area (Å²) in [5.74, 6) is 0.664. The summed E-state index contributed by atoms with van der Waals surface area (Å²) < 4.78 is 0. The minimum absolute atomic E-state index is 0.469. The number of rotatable bonds is 2. The molecule has 0 saturated heterocycles. The van der Waals surface area contributed by atoms with Crippen LogP contribution in [0.2, 0.25) is 5.15 Å². The maximum atomic E-state index is 6.03. The zero-order valence-corrected chi connectivity index (χ0v) is 11.2. The van der Waals surface area contributed by atoms with Crippen LogP contribution >= 0.6 is 23.4 Å². The first-order valence-electron chi connectivity index (χ1n) is 5.43. The molecule has 1 N–H and O–H groups in total. The topological polar surface area (TPSA) is 41.6 Å². The third-order valence-electron chi connectivity index (χ3n) is 2.72. The number of fused-ring (bicyclic) bond motifs is 1. The van der Waals surface area contributed by atoms with Crippen LogP contribution in [0.1, 0.15) is 0 Å². The first kappa shape index (κ1) is 11.6. The average Bonchev–Trinajstić information content (AvgIpc) is 2.85. The Kier molecular flexibility index (Phi) is 2.97. The van der Waals surface area contributed by atoms with E-state index in [2.05, 4.69) is 15.0 Å². The number of aromatic nitrogens is 3. The van der Waals surface area contributed by atoms with Gasteiger partial charge in [0, 0.05) is 28.7 Å². The Balaban J connectivity index is 2.25. The Morgan fingerprint density at radius 3 is 2.94 bits per heavy atom. The molecular formula is C13H10ClN3S. The highest BCUT2D eigenvalue weighted by Crippen LogP contribution is 2.28. The Hall–Kier alpha value is -1.52. The van der Waals surface area contributed by atoms with E-state index >= 15 is 0 Å². The molecule has 5 heteroatoms. The van der Waals surface area contributed by atoms with Gasteiger partial charge in [-0.25, -0.2) is 9.97 Å². The number of aromatic amines is 1. The van der Waals surface area contributed by atoms with E-state index in [0.29, 0.717) is 11.0 Å². The minimum atomic E-state index is 0.469. The highest BCUT2D eigenvalue weighted by molar-refractivity contribution is 7.98. The van der Waals surface area contributed by atoms with E-state index < -0.39 is 0 Å². The summed E-state index contributed by atoms with van der Waals surface area (Å²) in [4.78, 5) is 12.0. The van der Waals surface area contributed by atoms with Crippen molar-refractivity contribution in [3.8, 4) is 11.4 Å². The van der Waals surface area contributed by atoms with Gasteiger partial charge in [-0.05, 0) is 18.4 Å². The molecule has 0 amide bonds. The van der Waals surface area contributed by atoms with Crippen molar-refractivity contribution in [1.82, 2.24) is 15.0 Å². The Labute approximate surface area is 114 Å². The zero-order valence-electron chi connectivity index (χ0n) is 9.64. The molecule has 0 bridgehead atoms. The van der Waals surface area contributed by atoms with Crippen LogP contribution in [0.25, 0.3) is 22.3 Å². The number of nitrogens with zero attached hydrogens (tertiary/aromatic N) is 2. The fraction of sp³-hybridized carbons (Fsp3) is 0.0769. The van der Waals surface area contributed by atoms with Gasteiger partial charge in [-0.3, -0.25) is 0 Å². The average molecular weight is 276 g/mol. The lowest BCUT2D eigenvalue weighted by Gasteiger charge is -2.04. The number of benzene rings is 1. The lowest BCUT2D eigenvalue weighted by Crippen LogP contribution is -1.92. The van der Waals surface area contributed by atoms with Gasteiger partial charge in [0.25, 0.3) is 0 Å². The summed E-state index contributed by atoms with van der Waals surface area (Å²) in [6.45, 7) is 0. The van der Waals surface area contributed by atoms with Gasteiger partial charge in [0.2, 0.25) is 0 Å². The summed E-state index contributed by atoms with van der Waals surface area (Å²) in [7, 11) is 0. The third kappa shape index (κ3) is 1.98. The molecule has 18 heavy (non-hydrogen) atoms. The van der Waals surface area contributed by atoms with Gasteiger partial charge in [-0.2, -0.15) is 0 Å². The van der Waals surface area contributed by atoms with E-state index in [-0.39, 0.29) is 0 Å². The quantitative estimate of drug-likeness (QED) is 0.568. The smallest absolute Gasteiger partial charge is 0.162 e. The van der Waals surface area contributed by atoms with Crippen molar-refractivity contribution in [3.63, 3.8) is 0 Å². The number of nitrogens with one attached hydrogen (secondary N) is 1. The van der Waals surface area contributed by atoms with Gasteiger partial charge in [0.05, 0.1) is 0 Å². The maximum Gasteiger partial charge on any atom is 0.162 e. The first-order valence-corrected chi connectivity index (χ1v) is 7.03. The Morgan fingerprint density at radius 1 is 1.22 bits per heavy atom. The van der Waals surface area contributed by atoms with E-state index in [1.54, 1.807) is 17.8 Å². The van der Waals surface area contributed by atoms with Crippen molar-refractivity contribution in [2.45, 2.75) is 5.03 Å². The summed E-state index contributed by atoms with van der Waals surface area (Å²) in [6.07, 6.45) is 3.88. The van der Waals surface area contributed by atoms with Gasteiger partial charge >= 0.3 is 0 Å². The monoisotopic (exact) mass is 275 g/mol. The molecule has 0 aliphatic rings. The predicted octanol–water partition coefficient (Wildman–Crippen LogP) is 4.00. The second-order valence-corrected chi connectivity index (χ2v) is 5.01. The van der Waals surface area contributed by atoms with Crippen molar-refractivity contribution in [2.24, 2.45) is 0 Å². The largest absolute Gasteiger partial charge is 0.361 e. The molecule has 90 valence electrons. The molecular weight excluding hydrogens is 266 g/mol. The summed E-state index contributed by atoms with van der Waals surface area (Å²) >= 11 is 7.59. The fourth-order valence-corrected chi connectivity index (χ4v) is 2.56. The van der Waals surface area contributed by atoms with Crippen molar-refractivity contribution >= 4 is 34.3 Å². The van der Waals surface area contributed by atoms with Crippen LogP contribution < -0.4 is 0 Å². The fourth-order valence-electron chi connectivity index (χ4n) is 1.90. The molecule has 0 aliphatic heterocycles. The zero-order chi connectivity index (χ0) is 12.5. The summed E-state index contributed by atoms with van der Waals surface area (Å²) in [5, 5.41) is 2.45. The van der Waals surface area contributed by atoms with Crippen molar-refractivity contribution < 1.29 is 0 Å². The van der Waals surface area contributed by atoms with Crippen LogP contribution in [0.5, 0.6) is 0 Å². The molecule has 2 heterocycles. The molecule has 0 saturated carbocycles. The molecule has 0 unspecified atom stereocenters. The minimum Gasteiger partial charge on any atom is -0.361 e. The summed E-state index contributed by atoms with van der Waals surface area (Å²) in [6, 6.07) is 9.81. The number of halogens is 1. The second kappa shape index (κ2) is 4.63. The number of H-pyrrole nitrogens is 1. The van der Waals surface area contributed by atoms with Gasteiger partial charge < -0.3 is 4.98 Å². The Bertz CT molecular complexity index is 708. The Morgan fingerprint density at radius 2 is 2.11 bits per heavy atom. The van der Waals surface area contributed by atoms with Gasteiger partial charge in [0.1, 0.15) is 10.2 Å². The molecule has 0 atom stereocenters. The van der Waals surface area contributed by atoms with Crippen LogP contribution in [0.15, 0.2) is 41.6 Å². The SMILES string of the molecule is CSc1cc(Cl)nc(-c2cccc3[nH]ccc23)n1. The molecule has 2 aromatic heterocycles. The van der Waals surface area contributed by atoms with Gasteiger partial charge in [-0.1, -0.05) is 23.7 Å². The van der Waals surface area contributed by atoms with E-state index in [1.165, 1.54) is 0 Å². The van der Waals surface area contributed by atoms with Gasteiger partial charge in [-0.15, -0.1) is 11.8 Å². The van der Waals surface area contributed by atoms with Crippen LogP contribution in [0.3, 0.4) is 0 Å². The molecule has 0 radical (unpaired) electrons. The second-order valence-electron chi connectivity index (χ2n) is 3.80. The van der Waals surface area contributed by atoms with E-state index in [9.17, 15) is 0 Å². The lowest BCUT2D eigenvalue weighted by molar-refractivity contribution is 1.06. The van der Waals surface area contributed by atoms with Crippen LogP contribution in [-0.4, -0.2) is 21.2 Å². The van der Waals surface area contributed by atoms with E-state index in [0.717, 1.165) is 21.5 Å². The molecule has 0 aliphatic carbocycles. The number of hydrogen-bond acceptors (Lipinski definition) is 3. The molecule has 3 aromatic rings. The normalized spacial score (nSPS) is 11.0. The van der Waals surface area contributed by atoms with Crippen molar-refractivity contribution in [2.75, 3.05) is 6.26 Å². The third-order valence-corrected chi connectivity index (χ3v) is 3.54. The van der Waals surface area contributed by atoms with E-state index in [1.807, 2.05) is 36.7 Å². The van der Waals surface area contributed by atoms with Crippen LogP contribution in [0.4, 0.5) is 0 Å². The molecule has 1 aromatic carbocycles. The lowest BCUT2D eigenvalue weighted by atomic mass is 10.1. The number of thioether (sulfide) groups is 1. The highest BCUT2D eigenvalue weighted by atomic mass is 35.5. The predicted molar refractivity (Wildman–Crippen MR) is 76.1 cm³/mol. The van der Waals surface area contributed by atoms with Crippen LogP contribution in [0, 0.1) is 0 Å². The molecule has 3 nitrogen and oxygen atoms in total. The maximum absolute atomic E-state index is 6.03. The molecule has 0 spiro atoms. The van der Waals surface area contributed by atoms with Crippen molar-refractivity contribution in [3.05, 3.63) is 41.7 Å². The van der Waals surface area contributed by atoms with Crippen LogP contribution in [-0.2, 0) is 0 Å². The van der Waals surface area contributed by atoms with Gasteiger partial charge in [0.15, 0.2) is 5.82 Å². The van der Waals surface area contributed by atoms with E-state index in [4.69, 9.17) is 11.6 Å². The number of hydrogen-bond donors (Lipinski definition) is 1.